The van der Waals surface area contributed by atoms with Crippen molar-refractivity contribution >= 4 is 35.0 Å². The molecule has 2 aliphatic heterocycles. The van der Waals surface area contributed by atoms with Gasteiger partial charge in [-0.1, -0.05) is 47.2 Å². The predicted octanol–water partition coefficient (Wildman–Crippen LogP) is 2.79. The Hall–Kier alpha value is -3.36. The molecule has 3 aromatic rings. The van der Waals surface area contributed by atoms with Gasteiger partial charge in [-0.15, -0.1) is 0 Å². The van der Waals surface area contributed by atoms with Crippen LogP contribution >= 0.6 is 22.9 Å². The van der Waals surface area contributed by atoms with Crippen molar-refractivity contribution in [3.63, 3.8) is 0 Å². The summed E-state index contributed by atoms with van der Waals surface area (Å²) in [6.07, 6.45) is 1.77. The van der Waals surface area contributed by atoms with Gasteiger partial charge in [-0.05, 0) is 42.3 Å². The number of carbonyl (C=O) groups excluding carboxylic acids is 1. The summed E-state index contributed by atoms with van der Waals surface area (Å²) >= 11 is 7.72. The zero-order chi connectivity index (χ0) is 22.4. The van der Waals surface area contributed by atoms with Crippen molar-refractivity contribution in [3.05, 3.63) is 89.6 Å². The van der Waals surface area contributed by atoms with Gasteiger partial charge >= 0.3 is 5.97 Å². The van der Waals surface area contributed by atoms with E-state index >= 15 is 0 Å². The molecule has 0 saturated heterocycles. The first kappa shape index (κ1) is 20.5. The minimum Gasteiger partial charge on any atom is -0.466 e. The molecule has 2 aliphatic rings. The highest BCUT2D eigenvalue weighted by Crippen LogP contribution is 2.35. The number of hydrogen-bond donors (Lipinski definition) is 0. The molecular weight excluding hydrogens is 452 g/mol. The Morgan fingerprint density at radius 3 is 2.81 bits per heavy atom. The van der Waals surface area contributed by atoms with Crippen LogP contribution < -0.4 is 24.4 Å². The van der Waals surface area contributed by atoms with Gasteiger partial charge < -0.3 is 14.2 Å². The van der Waals surface area contributed by atoms with Crippen LogP contribution in [-0.2, 0) is 9.53 Å². The molecule has 32 heavy (non-hydrogen) atoms. The number of hydrogen-bond acceptors (Lipinski definition) is 7. The minimum absolute atomic E-state index is 0.175. The second kappa shape index (κ2) is 7.96. The van der Waals surface area contributed by atoms with Gasteiger partial charge in [0.25, 0.3) is 5.56 Å². The molecule has 162 valence electrons. The van der Waals surface area contributed by atoms with E-state index in [2.05, 4.69) is 4.99 Å². The average Bonchev–Trinajstić information content (AvgIpc) is 3.37. The highest BCUT2D eigenvalue weighted by molar-refractivity contribution is 7.07. The van der Waals surface area contributed by atoms with Gasteiger partial charge in [-0.2, -0.15) is 0 Å². The Kier molecular flexibility index (Phi) is 5.11. The van der Waals surface area contributed by atoms with Crippen LogP contribution in [0.25, 0.3) is 6.08 Å². The molecule has 1 atom stereocenters. The van der Waals surface area contributed by atoms with Crippen LogP contribution in [0.4, 0.5) is 0 Å². The van der Waals surface area contributed by atoms with Gasteiger partial charge in [0.2, 0.25) is 6.79 Å². The summed E-state index contributed by atoms with van der Waals surface area (Å²) in [6.45, 7) is 1.90. The van der Waals surface area contributed by atoms with Gasteiger partial charge in [0, 0.05) is 5.02 Å². The Labute approximate surface area is 191 Å². The number of halogens is 1. The molecule has 0 saturated carbocycles. The van der Waals surface area contributed by atoms with Crippen LogP contribution in [0.1, 0.15) is 24.1 Å². The number of fused-ring (bicyclic) bond motifs is 2. The number of rotatable bonds is 3. The summed E-state index contributed by atoms with van der Waals surface area (Å²) in [7, 11) is 1.30. The smallest absolute Gasteiger partial charge is 0.338 e. The minimum atomic E-state index is -0.744. The normalized spacial score (nSPS) is 17.2. The first-order valence-corrected chi connectivity index (χ1v) is 10.9. The molecule has 0 amide bonds. The van der Waals surface area contributed by atoms with Crippen molar-refractivity contribution in [2.75, 3.05) is 13.9 Å². The molecule has 0 N–H and O–H groups in total. The van der Waals surface area contributed by atoms with Crippen molar-refractivity contribution in [2.45, 2.75) is 13.0 Å². The maximum Gasteiger partial charge on any atom is 0.338 e. The molecule has 0 radical (unpaired) electrons. The predicted molar refractivity (Wildman–Crippen MR) is 120 cm³/mol. The second-order valence-electron chi connectivity index (χ2n) is 7.21. The summed E-state index contributed by atoms with van der Waals surface area (Å²) in [5.74, 6) is 0.742. The van der Waals surface area contributed by atoms with Gasteiger partial charge in [-0.3, -0.25) is 9.36 Å². The van der Waals surface area contributed by atoms with E-state index in [4.69, 9.17) is 25.8 Å². The lowest BCUT2D eigenvalue weighted by atomic mass is 9.96. The average molecular weight is 469 g/mol. The van der Waals surface area contributed by atoms with Crippen LogP contribution in [0.5, 0.6) is 11.5 Å². The van der Waals surface area contributed by atoms with Crippen LogP contribution in [0.2, 0.25) is 5.02 Å². The topological polar surface area (TPSA) is 79.1 Å². The lowest BCUT2D eigenvalue weighted by Crippen LogP contribution is -2.39. The number of thiazole rings is 1. The van der Waals surface area contributed by atoms with E-state index in [0.717, 1.165) is 5.56 Å². The maximum absolute atomic E-state index is 13.5. The number of esters is 1. The zero-order valence-electron chi connectivity index (χ0n) is 17.1. The van der Waals surface area contributed by atoms with Crippen molar-refractivity contribution in [3.8, 4) is 11.5 Å². The highest BCUT2D eigenvalue weighted by Gasteiger charge is 2.34. The Bertz CT molecular complexity index is 1470. The summed E-state index contributed by atoms with van der Waals surface area (Å²) < 4.78 is 17.8. The first-order chi connectivity index (χ1) is 15.5. The molecule has 9 heteroatoms. The maximum atomic E-state index is 13.5. The van der Waals surface area contributed by atoms with Crippen molar-refractivity contribution in [2.24, 2.45) is 4.99 Å². The summed E-state index contributed by atoms with van der Waals surface area (Å²) in [4.78, 5) is 31.2. The van der Waals surface area contributed by atoms with E-state index in [1.807, 2.05) is 18.2 Å². The number of allylic oxidation sites excluding steroid dienone is 1. The second-order valence-corrected chi connectivity index (χ2v) is 8.62. The molecule has 5 rings (SSSR count). The molecule has 1 aromatic heterocycles. The molecule has 0 aliphatic carbocycles. The van der Waals surface area contributed by atoms with E-state index in [1.165, 1.54) is 23.0 Å². The molecule has 0 spiro atoms. The zero-order valence-corrected chi connectivity index (χ0v) is 18.7. The highest BCUT2D eigenvalue weighted by atomic mass is 35.5. The lowest BCUT2D eigenvalue weighted by molar-refractivity contribution is -0.136. The van der Waals surface area contributed by atoms with Gasteiger partial charge in [0.15, 0.2) is 16.3 Å². The quantitative estimate of drug-likeness (QED) is 0.552. The van der Waals surface area contributed by atoms with Crippen LogP contribution in [-0.4, -0.2) is 24.4 Å². The van der Waals surface area contributed by atoms with Crippen molar-refractivity contribution < 1.29 is 19.0 Å². The van der Waals surface area contributed by atoms with Gasteiger partial charge in [-0.25, -0.2) is 9.79 Å². The van der Waals surface area contributed by atoms with E-state index < -0.39 is 12.0 Å². The Balaban J connectivity index is 1.73. The molecule has 3 heterocycles. The van der Waals surface area contributed by atoms with E-state index in [1.54, 1.807) is 37.3 Å². The standard InChI is InChI=1S/C23H17ClN2O5S/c1-12-19(22(28)29-2)20(14-5-3-4-6-15(14)24)26-21(27)18(32-23(26)25-12)10-13-7-8-16-17(9-13)31-11-30-16/h3-10,20H,11H2,1-2H3. The van der Waals surface area contributed by atoms with E-state index in [0.29, 0.717) is 37.1 Å². The third-order valence-electron chi connectivity index (χ3n) is 5.32. The SMILES string of the molecule is COC(=O)C1=C(C)N=c2sc(=Cc3ccc4c(c3)OCO4)c(=O)n2C1c1ccccc1Cl. The fourth-order valence-electron chi connectivity index (χ4n) is 3.84. The molecule has 2 aromatic carbocycles. The van der Waals surface area contributed by atoms with Crippen LogP contribution in [0.15, 0.2) is 63.5 Å². The Morgan fingerprint density at radius 2 is 2.03 bits per heavy atom. The number of ether oxygens (including phenoxy) is 3. The third kappa shape index (κ3) is 3.32. The molecular formula is C23H17ClN2O5S. The fraction of sp³-hybridized carbons (Fsp3) is 0.174. The summed E-state index contributed by atoms with van der Waals surface area (Å²) in [5, 5.41) is 0.443. The van der Waals surface area contributed by atoms with Crippen molar-refractivity contribution in [1.82, 2.24) is 4.57 Å². The first-order valence-electron chi connectivity index (χ1n) is 9.73. The number of benzene rings is 2. The van der Waals surface area contributed by atoms with Crippen LogP contribution in [0, 0.1) is 0 Å². The van der Waals surface area contributed by atoms with Crippen molar-refractivity contribution in [1.29, 1.82) is 0 Å². The molecule has 0 fully saturated rings. The number of methoxy groups -OCH3 is 1. The van der Waals surface area contributed by atoms with E-state index in [-0.39, 0.29) is 17.9 Å². The molecule has 7 nitrogen and oxygen atoms in total. The number of aromatic nitrogens is 1. The fourth-order valence-corrected chi connectivity index (χ4v) is 5.12. The van der Waals surface area contributed by atoms with Gasteiger partial charge in [0.1, 0.15) is 6.04 Å². The Morgan fingerprint density at radius 1 is 1.25 bits per heavy atom. The van der Waals surface area contributed by atoms with Gasteiger partial charge in [0.05, 0.1) is 22.9 Å². The molecule has 1 unspecified atom stereocenters. The van der Waals surface area contributed by atoms with E-state index in [9.17, 15) is 9.59 Å². The third-order valence-corrected chi connectivity index (χ3v) is 6.65. The lowest BCUT2D eigenvalue weighted by Gasteiger charge is -2.25. The molecule has 0 bridgehead atoms. The largest absolute Gasteiger partial charge is 0.466 e. The monoisotopic (exact) mass is 468 g/mol. The summed E-state index contributed by atoms with van der Waals surface area (Å²) in [5.41, 5.74) is 1.91. The number of nitrogens with zero attached hydrogens (tertiary/aromatic N) is 2. The number of carbonyl (C=O) groups is 1. The summed E-state index contributed by atoms with van der Waals surface area (Å²) in [6, 6.07) is 11.9. The van der Waals surface area contributed by atoms with Crippen LogP contribution in [0.3, 0.4) is 0 Å².